The van der Waals surface area contributed by atoms with Crippen LogP contribution in [0.2, 0.25) is 0 Å². The fourth-order valence-corrected chi connectivity index (χ4v) is 9.50. The Hall–Kier alpha value is -9.04. The number of rotatable bonds is 6. The van der Waals surface area contributed by atoms with Gasteiger partial charge in [0.05, 0.1) is 33.3 Å². The standard InChI is InChI=1S/C56H34N8O/c1-3-13-41(55-59-28-8-29-60-55)39(11-1)35-18-22-43-47(23-19-35)64(49-15-6-26-57-53(43)49)38-21-25-52-45(34-38)44-33-37(10-5-17-51(44)65-52)63-48-24-20-36(32-46(48)54-50(63)16-7-27-58-54)40-12-2-4-14-42(40)56-61-30-9-31-62-56/h1-16,19-34H,17H2. The van der Waals surface area contributed by atoms with E-state index in [0.29, 0.717) is 18.1 Å². The van der Waals surface area contributed by atoms with Crippen molar-refractivity contribution in [1.29, 1.82) is 0 Å². The highest BCUT2D eigenvalue weighted by Crippen LogP contribution is 2.41. The third-order valence-electron chi connectivity index (χ3n) is 12.4. The molecule has 2 aliphatic carbocycles. The van der Waals surface area contributed by atoms with Gasteiger partial charge < -0.3 is 13.6 Å². The molecule has 0 amide bonds. The van der Waals surface area contributed by atoms with Crippen LogP contribution in [0.3, 0.4) is 0 Å². The van der Waals surface area contributed by atoms with Crippen molar-refractivity contribution in [1.82, 2.24) is 39.0 Å². The van der Waals surface area contributed by atoms with Crippen molar-refractivity contribution in [3.63, 3.8) is 0 Å². The molecule has 0 spiro atoms. The second kappa shape index (κ2) is 14.8. The number of allylic oxidation sites excluding steroid dienone is 5. The van der Waals surface area contributed by atoms with E-state index in [1.165, 1.54) is 0 Å². The van der Waals surface area contributed by atoms with E-state index in [9.17, 15) is 0 Å². The minimum absolute atomic E-state index is 0.653. The summed E-state index contributed by atoms with van der Waals surface area (Å²) in [5.74, 6) is 2.28. The predicted octanol–water partition coefficient (Wildman–Crippen LogP) is 12.7. The first-order valence-electron chi connectivity index (χ1n) is 21.5. The average molecular weight is 835 g/mol. The van der Waals surface area contributed by atoms with Crippen LogP contribution in [-0.2, 0) is 6.42 Å². The van der Waals surface area contributed by atoms with Crippen molar-refractivity contribution >= 4 is 73.4 Å². The molecule has 9 nitrogen and oxygen atoms in total. The van der Waals surface area contributed by atoms with Crippen LogP contribution in [0.5, 0.6) is 0 Å². The van der Waals surface area contributed by atoms with Gasteiger partial charge in [0.1, 0.15) is 11.3 Å². The number of furan rings is 1. The van der Waals surface area contributed by atoms with E-state index in [1.807, 2.05) is 54.9 Å². The maximum atomic E-state index is 6.63. The molecule has 13 rings (SSSR count). The van der Waals surface area contributed by atoms with Gasteiger partial charge in [-0.1, -0.05) is 60.7 Å². The van der Waals surface area contributed by atoms with Crippen molar-refractivity contribution in [2.75, 3.05) is 0 Å². The van der Waals surface area contributed by atoms with E-state index in [2.05, 4.69) is 150 Å². The summed E-state index contributed by atoms with van der Waals surface area (Å²) in [7, 11) is 0. The normalized spacial score (nSPS) is 13.2. The number of nitrogens with zero attached hydrogens (tertiary/aromatic N) is 8. The van der Waals surface area contributed by atoms with Gasteiger partial charge in [-0.2, -0.15) is 0 Å². The Morgan fingerprint density at radius 1 is 0.508 bits per heavy atom. The van der Waals surface area contributed by atoms with Crippen molar-refractivity contribution in [2.45, 2.75) is 6.42 Å². The predicted molar refractivity (Wildman–Crippen MR) is 259 cm³/mol. The Labute approximate surface area is 372 Å². The Morgan fingerprint density at radius 3 is 1.95 bits per heavy atom. The van der Waals surface area contributed by atoms with Gasteiger partial charge in [-0.25, -0.2) is 19.9 Å². The maximum Gasteiger partial charge on any atom is 0.159 e. The lowest BCUT2D eigenvalue weighted by atomic mass is 9.98. The van der Waals surface area contributed by atoms with Gasteiger partial charge in [0.15, 0.2) is 11.6 Å². The molecule has 65 heavy (non-hydrogen) atoms. The zero-order valence-electron chi connectivity index (χ0n) is 34.7. The first-order valence-corrected chi connectivity index (χ1v) is 21.5. The molecule has 0 saturated heterocycles. The van der Waals surface area contributed by atoms with Gasteiger partial charge in [0.25, 0.3) is 0 Å². The number of hydrogen-bond donors (Lipinski definition) is 0. The molecule has 4 aromatic carbocycles. The summed E-state index contributed by atoms with van der Waals surface area (Å²) in [6.07, 6.45) is 24.5. The molecule has 0 fully saturated rings. The lowest BCUT2D eigenvalue weighted by Crippen LogP contribution is -1.97. The molecule has 2 aliphatic rings. The Kier molecular flexibility index (Phi) is 8.34. The van der Waals surface area contributed by atoms with Gasteiger partial charge in [0.2, 0.25) is 0 Å². The van der Waals surface area contributed by atoms with E-state index in [-0.39, 0.29) is 0 Å². The number of fused-ring (bicyclic) bond motifs is 9. The van der Waals surface area contributed by atoms with Crippen LogP contribution in [0, 0.1) is 0 Å². The highest BCUT2D eigenvalue weighted by Gasteiger charge is 2.23. The molecule has 7 heterocycles. The molecule has 0 unspecified atom stereocenters. The summed E-state index contributed by atoms with van der Waals surface area (Å²) in [6, 6.07) is 41.5. The first kappa shape index (κ1) is 36.6. The van der Waals surface area contributed by atoms with Crippen LogP contribution in [0.15, 0.2) is 187 Å². The first-order chi connectivity index (χ1) is 32.2. The number of hydrogen-bond acceptors (Lipinski definition) is 7. The second-order valence-corrected chi connectivity index (χ2v) is 16.0. The van der Waals surface area contributed by atoms with Gasteiger partial charge in [-0.15, -0.1) is 5.73 Å². The van der Waals surface area contributed by atoms with E-state index in [0.717, 1.165) is 111 Å². The van der Waals surface area contributed by atoms with Crippen LogP contribution < -0.4 is 0 Å². The molecule has 0 radical (unpaired) electrons. The average Bonchev–Trinajstić information content (AvgIpc) is 3.86. The highest BCUT2D eigenvalue weighted by atomic mass is 16.3. The Bertz CT molecular complexity index is 3900. The van der Waals surface area contributed by atoms with E-state index in [1.54, 1.807) is 24.8 Å². The topological polar surface area (TPSA) is 100 Å². The second-order valence-electron chi connectivity index (χ2n) is 16.0. The molecule has 0 N–H and O–H groups in total. The summed E-state index contributed by atoms with van der Waals surface area (Å²) in [5.41, 5.74) is 20.4. The van der Waals surface area contributed by atoms with Crippen molar-refractivity contribution in [2.24, 2.45) is 0 Å². The molecular formula is C56H34N8O. The molecule has 11 aromatic rings. The summed E-state index contributed by atoms with van der Waals surface area (Å²) in [5, 5.41) is 2.09. The fraction of sp³-hybridized carbons (Fsp3) is 0.0179. The van der Waals surface area contributed by atoms with Crippen molar-refractivity contribution in [3.8, 4) is 39.6 Å². The maximum absolute atomic E-state index is 6.63. The van der Waals surface area contributed by atoms with Gasteiger partial charge in [-0.3, -0.25) is 9.97 Å². The minimum atomic E-state index is 0.653. The quantitative estimate of drug-likeness (QED) is 0.154. The summed E-state index contributed by atoms with van der Waals surface area (Å²) in [6.45, 7) is 0. The largest absolute Gasteiger partial charge is 0.460 e. The third kappa shape index (κ3) is 5.95. The van der Waals surface area contributed by atoms with Crippen LogP contribution in [0.4, 0.5) is 0 Å². The van der Waals surface area contributed by atoms with E-state index >= 15 is 0 Å². The van der Waals surface area contributed by atoms with E-state index in [4.69, 9.17) is 14.4 Å². The lowest BCUT2D eigenvalue weighted by Gasteiger charge is -2.11. The molecule has 7 aromatic heterocycles. The van der Waals surface area contributed by atoms with Gasteiger partial charge >= 0.3 is 0 Å². The monoisotopic (exact) mass is 834 g/mol. The minimum Gasteiger partial charge on any atom is -0.460 e. The van der Waals surface area contributed by atoms with Crippen LogP contribution in [-0.4, -0.2) is 39.0 Å². The van der Waals surface area contributed by atoms with Crippen LogP contribution in [0.1, 0.15) is 28.1 Å². The zero-order chi connectivity index (χ0) is 42.8. The molecule has 0 saturated carbocycles. The van der Waals surface area contributed by atoms with Gasteiger partial charge in [-0.05, 0) is 108 Å². The molecule has 304 valence electrons. The number of benzene rings is 4. The SMILES string of the molecule is C1=Cc2c(n(-c3ccc4oc5c(c4c3)C=C(n3c4ccc(-c6ccccc6-c6ncccn6)cc4c4ncccc43)C=CC5)c3cccnc23)C=CC=1c1ccccc1-c1ncccn1. The summed E-state index contributed by atoms with van der Waals surface area (Å²) >= 11 is 0. The van der Waals surface area contributed by atoms with Crippen molar-refractivity contribution < 1.29 is 4.42 Å². The highest BCUT2D eigenvalue weighted by molar-refractivity contribution is 6.11. The summed E-state index contributed by atoms with van der Waals surface area (Å²) < 4.78 is 11.2. The number of pyridine rings is 2. The Morgan fingerprint density at radius 2 is 1.18 bits per heavy atom. The van der Waals surface area contributed by atoms with E-state index < -0.39 is 0 Å². The lowest BCUT2D eigenvalue weighted by molar-refractivity contribution is 0.564. The molecule has 0 aliphatic heterocycles. The third-order valence-corrected chi connectivity index (χ3v) is 12.4. The fourth-order valence-electron chi connectivity index (χ4n) is 9.50. The Balaban J connectivity index is 0.937. The van der Waals surface area contributed by atoms with Crippen molar-refractivity contribution in [3.05, 3.63) is 211 Å². The van der Waals surface area contributed by atoms with Gasteiger partial charge in [0, 0.05) is 99.1 Å². The van der Waals surface area contributed by atoms with Crippen LogP contribution in [0.25, 0.3) is 113 Å². The zero-order valence-corrected chi connectivity index (χ0v) is 34.7. The molecule has 0 atom stereocenters. The number of aromatic nitrogens is 8. The summed E-state index contributed by atoms with van der Waals surface area (Å²) in [4.78, 5) is 28.1. The smallest absolute Gasteiger partial charge is 0.159 e. The molecule has 0 bridgehead atoms. The molecule has 9 heteroatoms. The molecular weight excluding hydrogens is 801 g/mol. The van der Waals surface area contributed by atoms with Crippen LogP contribution >= 0.6 is 0 Å².